The largest absolute Gasteiger partial charge is 0.872 e. The molecule has 6 heteroatoms. The highest BCUT2D eigenvalue weighted by atomic mass is 16.4. The summed E-state index contributed by atoms with van der Waals surface area (Å²) in [6, 6.07) is 19.5. The number of fused-ring (bicyclic) bond motifs is 1. The molecule has 0 aliphatic heterocycles. The number of carboxylic acid groups (broad SMARTS) is 1. The van der Waals surface area contributed by atoms with E-state index in [1.165, 1.54) is 22.8 Å². The summed E-state index contributed by atoms with van der Waals surface area (Å²) in [7, 11) is 0. The van der Waals surface area contributed by atoms with Gasteiger partial charge in [-0.05, 0) is 42.0 Å². The Hall–Kier alpha value is -4.19. The lowest BCUT2D eigenvalue weighted by Crippen LogP contribution is -2.22. The minimum absolute atomic E-state index is 0.0578. The Morgan fingerprint density at radius 1 is 0.966 bits per heavy atom. The maximum Gasteiger partial charge on any atom is 0.335 e. The van der Waals surface area contributed by atoms with Gasteiger partial charge in [-0.25, -0.2) is 9.78 Å². The third-order valence-electron chi connectivity index (χ3n) is 4.48. The summed E-state index contributed by atoms with van der Waals surface area (Å²) in [5.41, 5.74) is 1.08. The van der Waals surface area contributed by atoms with Crippen LogP contribution in [0.2, 0.25) is 0 Å². The number of hydrogen-bond donors (Lipinski definition) is 1. The lowest BCUT2D eigenvalue weighted by atomic mass is 10.1. The van der Waals surface area contributed by atoms with Crippen molar-refractivity contribution >= 4 is 29.0 Å². The molecule has 4 rings (SSSR count). The molecular formula is C23H15N2O4-. The molecule has 1 N–H and O–H groups in total. The SMILES string of the molecule is O=C(O)c1cccc(-n2c(/C=C/c3ccccc3[O-])nc3ccccc3c2=O)c1. The summed E-state index contributed by atoms with van der Waals surface area (Å²) in [5.74, 6) is -0.947. The van der Waals surface area contributed by atoms with Crippen molar-refractivity contribution in [1.82, 2.24) is 9.55 Å². The van der Waals surface area contributed by atoms with Gasteiger partial charge in [-0.15, -0.1) is 5.75 Å². The fourth-order valence-electron chi connectivity index (χ4n) is 3.07. The molecule has 0 saturated carbocycles. The molecule has 0 amide bonds. The summed E-state index contributed by atoms with van der Waals surface area (Å²) in [6.45, 7) is 0. The zero-order valence-electron chi connectivity index (χ0n) is 15.1. The number of aromatic nitrogens is 2. The second-order valence-electron chi connectivity index (χ2n) is 6.35. The Balaban J connectivity index is 1.97. The van der Waals surface area contributed by atoms with Crippen molar-refractivity contribution < 1.29 is 15.0 Å². The summed E-state index contributed by atoms with van der Waals surface area (Å²) in [4.78, 5) is 29.1. The van der Waals surface area contributed by atoms with Crippen LogP contribution in [0.15, 0.2) is 77.6 Å². The van der Waals surface area contributed by atoms with Gasteiger partial charge in [0.25, 0.3) is 5.56 Å². The number of aromatic carboxylic acids is 1. The van der Waals surface area contributed by atoms with E-state index in [0.717, 1.165) is 0 Å². The van der Waals surface area contributed by atoms with E-state index >= 15 is 0 Å². The second-order valence-corrected chi connectivity index (χ2v) is 6.35. The fraction of sp³-hybridized carbons (Fsp3) is 0. The fourth-order valence-corrected chi connectivity index (χ4v) is 3.07. The Morgan fingerprint density at radius 2 is 1.72 bits per heavy atom. The van der Waals surface area contributed by atoms with Gasteiger partial charge in [-0.3, -0.25) is 9.36 Å². The van der Waals surface area contributed by atoms with Crippen LogP contribution < -0.4 is 10.7 Å². The number of hydrogen-bond acceptors (Lipinski definition) is 4. The minimum atomic E-state index is -1.09. The third-order valence-corrected chi connectivity index (χ3v) is 4.48. The van der Waals surface area contributed by atoms with E-state index < -0.39 is 5.97 Å². The molecule has 0 spiro atoms. The molecule has 0 saturated heterocycles. The van der Waals surface area contributed by atoms with Gasteiger partial charge in [0.05, 0.1) is 22.2 Å². The molecule has 29 heavy (non-hydrogen) atoms. The van der Waals surface area contributed by atoms with Crippen LogP contribution in [0.3, 0.4) is 0 Å². The minimum Gasteiger partial charge on any atom is -0.872 e. The van der Waals surface area contributed by atoms with E-state index in [4.69, 9.17) is 0 Å². The normalized spacial score (nSPS) is 11.2. The van der Waals surface area contributed by atoms with Crippen molar-refractivity contribution in [2.75, 3.05) is 0 Å². The van der Waals surface area contributed by atoms with Crippen molar-refractivity contribution in [2.45, 2.75) is 0 Å². The first-order valence-electron chi connectivity index (χ1n) is 8.84. The van der Waals surface area contributed by atoms with Crippen molar-refractivity contribution in [3.8, 4) is 11.4 Å². The Kier molecular flexibility index (Phi) is 4.66. The van der Waals surface area contributed by atoms with Crippen molar-refractivity contribution in [1.29, 1.82) is 0 Å². The van der Waals surface area contributed by atoms with E-state index in [2.05, 4.69) is 4.98 Å². The highest BCUT2D eigenvalue weighted by Gasteiger charge is 2.12. The molecule has 0 aliphatic carbocycles. The van der Waals surface area contributed by atoms with Gasteiger partial charge in [-0.2, -0.15) is 0 Å². The van der Waals surface area contributed by atoms with Gasteiger partial charge in [0.2, 0.25) is 0 Å². The van der Waals surface area contributed by atoms with Crippen molar-refractivity contribution in [3.05, 3.63) is 100 Å². The molecule has 4 aromatic rings. The summed E-state index contributed by atoms with van der Waals surface area (Å²) in [6.07, 6.45) is 3.18. The van der Waals surface area contributed by atoms with Gasteiger partial charge in [0, 0.05) is 0 Å². The zero-order valence-corrected chi connectivity index (χ0v) is 15.1. The quantitative estimate of drug-likeness (QED) is 0.583. The average Bonchev–Trinajstić information content (AvgIpc) is 2.73. The molecule has 0 aliphatic rings. The van der Waals surface area contributed by atoms with E-state index in [1.54, 1.807) is 66.7 Å². The monoisotopic (exact) mass is 383 g/mol. The number of para-hydroxylation sites is 2. The molecular weight excluding hydrogens is 368 g/mol. The standard InChI is InChI=1S/C23H16N2O4/c26-20-11-4-1-6-15(20)12-13-21-24-19-10-3-2-9-18(19)22(27)25(21)17-8-5-7-16(14-17)23(28)29/h1-14,26H,(H,28,29)/p-1/b13-12+. The first-order valence-corrected chi connectivity index (χ1v) is 8.84. The molecule has 142 valence electrons. The third kappa shape index (κ3) is 3.51. The van der Waals surface area contributed by atoms with Gasteiger partial charge >= 0.3 is 5.97 Å². The smallest absolute Gasteiger partial charge is 0.335 e. The summed E-state index contributed by atoms with van der Waals surface area (Å²) >= 11 is 0. The van der Waals surface area contributed by atoms with E-state index in [9.17, 15) is 19.8 Å². The van der Waals surface area contributed by atoms with Crippen LogP contribution >= 0.6 is 0 Å². The molecule has 0 unspecified atom stereocenters. The van der Waals surface area contributed by atoms with E-state index in [0.29, 0.717) is 28.0 Å². The number of rotatable bonds is 4. The number of carboxylic acids is 1. The van der Waals surface area contributed by atoms with Crippen LogP contribution in [0.5, 0.6) is 5.75 Å². The lowest BCUT2D eigenvalue weighted by molar-refractivity contribution is -0.268. The molecule has 0 radical (unpaired) electrons. The second kappa shape index (κ2) is 7.44. The van der Waals surface area contributed by atoms with Crippen LogP contribution in [0.4, 0.5) is 0 Å². The predicted octanol–water partition coefficient (Wildman–Crippen LogP) is 3.33. The first-order chi connectivity index (χ1) is 14.0. The van der Waals surface area contributed by atoms with Crippen LogP contribution in [0.25, 0.3) is 28.7 Å². The predicted molar refractivity (Wildman–Crippen MR) is 109 cm³/mol. The zero-order chi connectivity index (χ0) is 20.4. The summed E-state index contributed by atoms with van der Waals surface area (Å²) in [5, 5.41) is 21.7. The van der Waals surface area contributed by atoms with E-state index in [1.807, 2.05) is 0 Å². The highest BCUT2D eigenvalue weighted by Crippen LogP contribution is 2.19. The van der Waals surface area contributed by atoms with Crippen LogP contribution in [0.1, 0.15) is 21.7 Å². The topological polar surface area (TPSA) is 95.2 Å². The average molecular weight is 383 g/mol. The molecule has 3 aromatic carbocycles. The van der Waals surface area contributed by atoms with E-state index in [-0.39, 0.29) is 16.9 Å². The Morgan fingerprint density at radius 3 is 2.52 bits per heavy atom. The van der Waals surface area contributed by atoms with Gasteiger partial charge in [0.1, 0.15) is 5.82 Å². The first kappa shape index (κ1) is 18.2. The molecule has 1 heterocycles. The number of carbonyl (C=O) groups is 1. The molecule has 1 aromatic heterocycles. The van der Waals surface area contributed by atoms with Gasteiger partial charge in [0.15, 0.2) is 0 Å². The molecule has 6 nitrogen and oxygen atoms in total. The van der Waals surface area contributed by atoms with Gasteiger partial charge < -0.3 is 10.2 Å². The van der Waals surface area contributed by atoms with Crippen LogP contribution in [-0.4, -0.2) is 20.6 Å². The maximum absolute atomic E-state index is 13.2. The van der Waals surface area contributed by atoms with Gasteiger partial charge in [-0.1, -0.05) is 48.5 Å². The van der Waals surface area contributed by atoms with Crippen LogP contribution in [-0.2, 0) is 0 Å². The van der Waals surface area contributed by atoms with Crippen LogP contribution in [0, 0.1) is 0 Å². The Labute approximate surface area is 165 Å². The van der Waals surface area contributed by atoms with Crippen molar-refractivity contribution in [2.24, 2.45) is 0 Å². The molecule has 0 atom stereocenters. The number of nitrogens with zero attached hydrogens (tertiary/aromatic N) is 2. The maximum atomic E-state index is 13.2. The van der Waals surface area contributed by atoms with Crippen molar-refractivity contribution in [3.63, 3.8) is 0 Å². The lowest BCUT2D eigenvalue weighted by Gasteiger charge is -2.13. The molecule has 0 fully saturated rings. The highest BCUT2D eigenvalue weighted by molar-refractivity contribution is 5.88. The number of benzene rings is 3. The molecule has 0 bridgehead atoms. The Bertz CT molecular complexity index is 1320. The summed E-state index contributed by atoms with van der Waals surface area (Å²) < 4.78 is 1.35.